The van der Waals surface area contributed by atoms with Gasteiger partial charge >= 0.3 is 0 Å². The molecule has 0 unspecified atom stereocenters. The molecule has 0 spiro atoms. The van der Waals surface area contributed by atoms with Crippen molar-refractivity contribution in [1.29, 1.82) is 0 Å². The fourth-order valence-corrected chi connectivity index (χ4v) is 7.90. The number of benzene rings is 2. The summed E-state index contributed by atoms with van der Waals surface area (Å²) in [7, 11) is 0.316. The number of hydrogen-bond donors (Lipinski definition) is 1. The predicted molar refractivity (Wildman–Crippen MR) is 154 cm³/mol. The standard InChI is InChI=1S/C31H47NO4S/c1-6-9-12-21-36-26-16-13-24(14-17-26)29-27-22-25(32(4)5)15-18-28(27)37(34,35)23-31(30(29)33,19-10-7-2)20-11-8-3/h13-18,22,29-30,33H,6-12,19-21,23H2,1-5H3/t29-,30-/m1/s1. The highest BCUT2D eigenvalue weighted by atomic mass is 32.2. The second-order valence-corrected chi connectivity index (χ2v) is 13.0. The highest BCUT2D eigenvalue weighted by Crippen LogP contribution is 2.50. The molecule has 0 saturated carbocycles. The number of aliphatic hydroxyl groups is 1. The van der Waals surface area contributed by atoms with Crippen LogP contribution in [0.1, 0.15) is 95.6 Å². The summed E-state index contributed by atoms with van der Waals surface area (Å²) in [5.74, 6) is 0.362. The van der Waals surface area contributed by atoms with Crippen LogP contribution in [0.25, 0.3) is 0 Å². The molecule has 1 aliphatic rings. The monoisotopic (exact) mass is 529 g/mol. The maximum Gasteiger partial charge on any atom is 0.179 e. The van der Waals surface area contributed by atoms with Gasteiger partial charge in [0.05, 0.1) is 23.4 Å². The Labute approximate surface area is 225 Å². The minimum atomic E-state index is -3.59. The number of aliphatic hydroxyl groups excluding tert-OH is 1. The van der Waals surface area contributed by atoms with Crippen molar-refractivity contribution < 1.29 is 18.3 Å². The summed E-state index contributed by atoms with van der Waals surface area (Å²) >= 11 is 0. The zero-order chi connectivity index (χ0) is 27.1. The first-order valence-electron chi connectivity index (χ1n) is 14.1. The van der Waals surface area contributed by atoms with Gasteiger partial charge in [0, 0.05) is 31.1 Å². The average molecular weight is 530 g/mol. The highest BCUT2D eigenvalue weighted by Gasteiger charge is 2.49. The van der Waals surface area contributed by atoms with Crippen molar-refractivity contribution in [3.05, 3.63) is 53.6 Å². The number of nitrogens with zero attached hydrogens (tertiary/aromatic N) is 1. The lowest BCUT2D eigenvalue weighted by Gasteiger charge is -2.40. The molecule has 1 N–H and O–H groups in total. The van der Waals surface area contributed by atoms with Crippen molar-refractivity contribution in [3.8, 4) is 5.75 Å². The molecule has 5 nitrogen and oxygen atoms in total. The molecule has 0 radical (unpaired) electrons. The fraction of sp³-hybridized carbons (Fsp3) is 0.613. The molecule has 206 valence electrons. The lowest BCUT2D eigenvalue weighted by atomic mass is 9.68. The normalized spacial score (nSPS) is 20.2. The van der Waals surface area contributed by atoms with Crippen LogP contribution < -0.4 is 9.64 Å². The van der Waals surface area contributed by atoms with Crippen LogP contribution in [0, 0.1) is 5.41 Å². The van der Waals surface area contributed by atoms with E-state index in [0.717, 1.165) is 61.9 Å². The number of rotatable bonds is 13. The molecular formula is C31H47NO4S. The third-order valence-electron chi connectivity index (χ3n) is 7.91. The van der Waals surface area contributed by atoms with Gasteiger partial charge in [-0.2, -0.15) is 0 Å². The smallest absolute Gasteiger partial charge is 0.179 e. The highest BCUT2D eigenvalue weighted by molar-refractivity contribution is 7.91. The summed E-state index contributed by atoms with van der Waals surface area (Å²) < 4.78 is 33.8. The Balaban J connectivity index is 2.14. The number of fused-ring (bicyclic) bond motifs is 1. The molecule has 2 aromatic rings. The first-order valence-corrected chi connectivity index (χ1v) is 15.8. The summed E-state index contributed by atoms with van der Waals surface area (Å²) in [4.78, 5) is 2.34. The van der Waals surface area contributed by atoms with Crippen LogP contribution in [-0.2, 0) is 9.84 Å². The van der Waals surface area contributed by atoms with Crippen LogP contribution in [0.3, 0.4) is 0 Å². The Morgan fingerprint density at radius 1 is 0.919 bits per heavy atom. The van der Waals surface area contributed by atoms with Crippen molar-refractivity contribution in [2.75, 3.05) is 31.4 Å². The van der Waals surface area contributed by atoms with Gasteiger partial charge in [0.25, 0.3) is 0 Å². The number of sulfone groups is 1. The molecule has 0 aliphatic carbocycles. The minimum absolute atomic E-state index is 0.00932. The van der Waals surface area contributed by atoms with Crippen LogP contribution in [0.2, 0.25) is 0 Å². The molecule has 0 saturated heterocycles. The van der Waals surface area contributed by atoms with Crippen LogP contribution in [0.4, 0.5) is 5.69 Å². The molecule has 3 rings (SSSR count). The van der Waals surface area contributed by atoms with E-state index in [1.807, 2.05) is 55.4 Å². The van der Waals surface area contributed by atoms with E-state index in [9.17, 15) is 13.5 Å². The van der Waals surface area contributed by atoms with Gasteiger partial charge < -0.3 is 14.7 Å². The average Bonchev–Trinajstić information content (AvgIpc) is 2.95. The summed E-state index contributed by atoms with van der Waals surface area (Å²) in [6, 6.07) is 13.5. The van der Waals surface area contributed by atoms with E-state index in [1.54, 1.807) is 6.07 Å². The fourth-order valence-electron chi connectivity index (χ4n) is 5.70. The lowest BCUT2D eigenvalue weighted by Crippen LogP contribution is -2.43. The molecule has 1 aliphatic heterocycles. The zero-order valence-corrected chi connectivity index (χ0v) is 24.3. The predicted octanol–water partition coefficient (Wildman–Crippen LogP) is 6.97. The summed E-state index contributed by atoms with van der Waals surface area (Å²) in [6.45, 7) is 7.11. The number of ether oxygens (including phenoxy) is 1. The van der Waals surface area contributed by atoms with Gasteiger partial charge in [-0.15, -0.1) is 0 Å². The van der Waals surface area contributed by atoms with Crippen molar-refractivity contribution in [2.24, 2.45) is 5.41 Å². The van der Waals surface area contributed by atoms with Gasteiger partial charge in [-0.25, -0.2) is 8.42 Å². The van der Waals surface area contributed by atoms with Gasteiger partial charge in [-0.3, -0.25) is 0 Å². The summed E-state index contributed by atoms with van der Waals surface area (Å²) in [5, 5.41) is 12.2. The Bertz CT molecular complexity index is 1090. The molecule has 1 heterocycles. The SMILES string of the molecule is CCCCCOc1ccc([C@@H]2c3cc(N(C)C)ccc3S(=O)(=O)CC(CCCC)(CCCC)[C@@H]2O)cc1. The third kappa shape index (κ3) is 6.88. The molecule has 2 atom stereocenters. The van der Waals surface area contributed by atoms with Crippen LogP contribution in [-0.4, -0.2) is 46.1 Å². The largest absolute Gasteiger partial charge is 0.494 e. The van der Waals surface area contributed by atoms with E-state index in [0.29, 0.717) is 29.9 Å². The maximum absolute atomic E-state index is 13.9. The van der Waals surface area contributed by atoms with Gasteiger partial charge in [0.1, 0.15) is 5.75 Å². The van der Waals surface area contributed by atoms with Gasteiger partial charge in [-0.05, 0) is 60.7 Å². The molecule has 0 bridgehead atoms. The van der Waals surface area contributed by atoms with Crippen molar-refractivity contribution >= 4 is 15.5 Å². The maximum atomic E-state index is 13.9. The number of unbranched alkanes of at least 4 members (excludes halogenated alkanes) is 4. The second-order valence-electron chi connectivity index (χ2n) is 11.0. The molecule has 0 fully saturated rings. The summed E-state index contributed by atoms with van der Waals surface area (Å²) in [6.07, 6.45) is 7.63. The molecule has 37 heavy (non-hydrogen) atoms. The van der Waals surface area contributed by atoms with E-state index in [1.165, 1.54) is 0 Å². The molecule has 6 heteroatoms. The minimum Gasteiger partial charge on any atom is -0.494 e. The topological polar surface area (TPSA) is 66.8 Å². The second kappa shape index (κ2) is 13.1. The Hall–Kier alpha value is -2.05. The van der Waals surface area contributed by atoms with Gasteiger partial charge in [0.15, 0.2) is 9.84 Å². The van der Waals surface area contributed by atoms with E-state index in [-0.39, 0.29) is 5.75 Å². The van der Waals surface area contributed by atoms with Gasteiger partial charge in [-0.1, -0.05) is 71.4 Å². The molecule has 0 aromatic heterocycles. The van der Waals surface area contributed by atoms with E-state index in [4.69, 9.17) is 4.74 Å². The van der Waals surface area contributed by atoms with Crippen molar-refractivity contribution in [3.63, 3.8) is 0 Å². The van der Waals surface area contributed by atoms with Crippen molar-refractivity contribution in [1.82, 2.24) is 0 Å². The molecule has 0 amide bonds. The quantitative estimate of drug-likeness (QED) is 0.284. The van der Waals surface area contributed by atoms with E-state index in [2.05, 4.69) is 20.8 Å². The van der Waals surface area contributed by atoms with Crippen LogP contribution in [0.15, 0.2) is 47.4 Å². The van der Waals surface area contributed by atoms with Crippen molar-refractivity contribution in [2.45, 2.75) is 95.5 Å². The summed E-state index contributed by atoms with van der Waals surface area (Å²) in [5.41, 5.74) is 1.86. The van der Waals surface area contributed by atoms with Crippen LogP contribution in [0.5, 0.6) is 5.75 Å². The zero-order valence-electron chi connectivity index (χ0n) is 23.5. The first kappa shape index (κ1) is 29.5. The molecule has 2 aromatic carbocycles. The first-order chi connectivity index (χ1) is 17.7. The van der Waals surface area contributed by atoms with Gasteiger partial charge in [0.2, 0.25) is 0 Å². The lowest BCUT2D eigenvalue weighted by molar-refractivity contribution is 0.0127. The van der Waals surface area contributed by atoms with Crippen LogP contribution >= 0.6 is 0 Å². The third-order valence-corrected chi connectivity index (χ3v) is 9.91. The van der Waals surface area contributed by atoms with E-state index >= 15 is 0 Å². The Morgan fingerprint density at radius 2 is 1.54 bits per heavy atom. The Kier molecular flexibility index (Phi) is 10.5. The number of anilines is 1. The van der Waals surface area contributed by atoms with E-state index < -0.39 is 27.3 Å². The Morgan fingerprint density at radius 3 is 2.11 bits per heavy atom. The number of hydrogen-bond acceptors (Lipinski definition) is 5. The molecular weight excluding hydrogens is 482 g/mol.